The summed E-state index contributed by atoms with van der Waals surface area (Å²) >= 11 is 0. The van der Waals surface area contributed by atoms with Gasteiger partial charge in [0, 0.05) is 46.4 Å². The Labute approximate surface area is 218 Å². The molecule has 0 radical (unpaired) electrons. The Hall–Kier alpha value is -4.25. The number of aromatic nitrogens is 2. The number of aryl methyl sites for hydroxylation is 1. The summed E-state index contributed by atoms with van der Waals surface area (Å²) in [7, 11) is -3.96. The number of anilines is 1. The second-order valence-electron chi connectivity index (χ2n) is 8.75. The van der Waals surface area contributed by atoms with Crippen LogP contribution in [-0.2, 0) is 27.8 Å². The van der Waals surface area contributed by atoms with E-state index in [2.05, 4.69) is 15.0 Å². The Morgan fingerprint density at radius 2 is 1.84 bits per heavy atom. The largest absolute Gasteiger partial charge is 0.331 e. The molecule has 2 aromatic carbocycles. The number of pyridine rings is 1. The van der Waals surface area contributed by atoms with Gasteiger partial charge in [0.25, 0.3) is 11.5 Å². The molecule has 0 atom stereocenters. The van der Waals surface area contributed by atoms with E-state index in [0.717, 1.165) is 5.56 Å². The zero-order valence-corrected chi connectivity index (χ0v) is 21.9. The van der Waals surface area contributed by atoms with E-state index in [-0.39, 0.29) is 40.6 Å². The Bertz CT molecular complexity index is 1720. The summed E-state index contributed by atoms with van der Waals surface area (Å²) in [4.78, 5) is 40.6. The van der Waals surface area contributed by atoms with Crippen molar-refractivity contribution in [2.24, 2.45) is 0 Å². The Morgan fingerprint density at radius 3 is 2.50 bits per heavy atom. The van der Waals surface area contributed by atoms with Gasteiger partial charge in [-0.2, -0.15) is 0 Å². The molecule has 2 heterocycles. The SMILES string of the molecule is CCc1ccc2c(c1)c(-c1ccc[nH]c1=O)c(C(=O)NS(=O)(=O)CC)n2Cc1cc(NC(C)=O)ccc1F. The van der Waals surface area contributed by atoms with E-state index in [1.807, 2.05) is 19.1 Å². The fourth-order valence-electron chi connectivity index (χ4n) is 4.32. The lowest BCUT2D eigenvalue weighted by Crippen LogP contribution is -2.33. The zero-order valence-electron chi connectivity index (χ0n) is 21.1. The smallest absolute Gasteiger partial charge is 0.282 e. The van der Waals surface area contributed by atoms with Crippen molar-refractivity contribution in [3.8, 4) is 11.1 Å². The molecule has 0 aliphatic heterocycles. The maximum absolute atomic E-state index is 15.0. The van der Waals surface area contributed by atoms with Crippen LogP contribution in [0.15, 0.2) is 59.5 Å². The molecule has 0 bridgehead atoms. The van der Waals surface area contributed by atoms with E-state index in [0.29, 0.717) is 23.0 Å². The second kappa shape index (κ2) is 10.6. The minimum absolute atomic E-state index is 0.105. The molecule has 2 amide bonds. The molecule has 0 fully saturated rings. The van der Waals surface area contributed by atoms with Crippen LogP contribution in [0.1, 0.15) is 42.4 Å². The Balaban J connectivity index is 2.06. The van der Waals surface area contributed by atoms with E-state index < -0.39 is 27.3 Å². The molecule has 0 saturated carbocycles. The van der Waals surface area contributed by atoms with Gasteiger partial charge in [-0.15, -0.1) is 0 Å². The lowest BCUT2D eigenvalue weighted by atomic mass is 10.0. The summed E-state index contributed by atoms with van der Waals surface area (Å²) < 4.78 is 43.3. The van der Waals surface area contributed by atoms with E-state index in [9.17, 15) is 27.2 Å². The quantitative estimate of drug-likeness (QED) is 0.314. The van der Waals surface area contributed by atoms with Crippen LogP contribution in [0.3, 0.4) is 0 Å². The predicted molar refractivity (Wildman–Crippen MR) is 144 cm³/mol. The summed E-state index contributed by atoms with van der Waals surface area (Å²) in [6.45, 7) is 4.50. The first-order valence-electron chi connectivity index (χ1n) is 12.0. The van der Waals surface area contributed by atoms with Gasteiger partial charge >= 0.3 is 0 Å². The van der Waals surface area contributed by atoms with Gasteiger partial charge in [0.15, 0.2) is 0 Å². The molecule has 0 saturated heterocycles. The highest BCUT2D eigenvalue weighted by Crippen LogP contribution is 2.35. The van der Waals surface area contributed by atoms with Gasteiger partial charge in [-0.3, -0.25) is 14.4 Å². The van der Waals surface area contributed by atoms with Crippen molar-refractivity contribution in [2.75, 3.05) is 11.1 Å². The van der Waals surface area contributed by atoms with Crippen molar-refractivity contribution in [3.63, 3.8) is 0 Å². The number of aromatic amines is 1. The van der Waals surface area contributed by atoms with Gasteiger partial charge in [-0.1, -0.05) is 13.0 Å². The summed E-state index contributed by atoms with van der Waals surface area (Å²) in [5.74, 6) is -2.21. The van der Waals surface area contributed by atoms with E-state index in [4.69, 9.17) is 0 Å². The third-order valence-corrected chi connectivity index (χ3v) is 7.42. The van der Waals surface area contributed by atoms with Crippen LogP contribution in [0.5, 0.6) is 0 Å². The van der Waals surface area contributed by atoms with Crippen molar-refractivity contribution in [1.82, 2.24) is 14.3 Å². The predicted octanol–water partition coefficient (Wildman–Crippen LogP) is 3.78. The standard InChI is InChI=1S/C27H27FN4O5S/c1-4-17-8-11-23-21(13-17)24(20-7-6-12-29-26(20)34)25(27(35)31-38(36,37)5-2)32(23)15-18-14-19(30-16(3)33)9-10-22(18)28/h6-14H,4-5,15H2,1-3H3,(H,29,34)(H,30,33)(H,31,35). The first-order valence-corrected chi connectivity index (χ1v) is 13.6. The number of fused-ring (bicyclic) bond motifs is 1. The van der Waals surface area contributed by atoms with Crippen molar-refractivity contribution in [3.05, 3.63) is 87.7 Å². The Morgan fingerprint density at radius 1 is 1.08 bits per heavy atom. The van der Waals surface area contributed by atoms with Crippen molar-refractivity contribution < 1.29 is 22.4 Å². The van der Waals surface area contributed by atoms with Crippen LogP contribution in [0.4, 0.5) is 10.1 Å². The number of hydrogen-bond donors (Lipinski definition) is 3. The van der Waals surface area contributed by atoms with Crippen molar-refractivity contribution >= 4 is 38.4 Å². The summed E-state index contributed by atoms with van der Waals surface area (Å²) in [5, 5.41) is 3.15. The number of halogens is 1. The average molecular weight is 539 g/mol. The maximum atomic E-state index is 15.0. The van der Waals surface area contributed by atoms with Gasteiger partial charge in [0.1, 0.15) is 11.5 Å². The maximum Gasteiger partial charge on any atom is 0.282 e. The number of carbonyl (C=O) groups is 2. The van der Waals surface area contributed by atoms with Crippen molar-refractivity contribution in [1.29, 1.82) is 0 Å². The summed E-state index contributed by atoms with van der Waals surface area (Å²) in [6.07, 6.45) is 2.12. The molecule has 2 aromatic heterocycles. The van der Waals surface area contributed by atoms with Gasteiger partial charge in [-0.05, 0) is 61.4 Å². The monoisotopic (exact) mass is 538 g/mol. The molecule has 3 N–H and O–H groups in total. The topological polar surface area (TPSA) is 130 Å². The number of hydrogen-bond acceptors (Lipinski definition) is 5. The molecule has 0 spiro atoms. The first kappa shape index (κ1) is 26.8. The van der Waals surface area contributed by atoms with Gasteiger partial charge < -0.3 is 14.9 Å². The minimum atomic E-state index is -3.96. The fraction of sp³-hybridized carbons (Fsp3) is 0.222. The molecule has 38 heavy (non-hydrogen) atoms. The minimum Gasteiger partial charge on any atom is -0.331 e. The summed E-state index contributed by atoms with van der Waals surface area (Å²) in [5.41, 5.74) is 1.76. The fourth-order valence-corrected chi connectivity index (χ4v) is 4.85. The number of nitrogens with zero attached hydrogens (tertiary/aromatic N) is 1. The molecule has 4 aromatic rings. The first-order chi connectivity index (χ1) is 18.0. The summed E-state index contributed by atoms with van der Waals surface area (Å²) in [6, 6.07) is 12.7. The van der Waals surface area contributed by atoms with Crippen LogP contribution in [-0.4, -0.2) is 35.5 Å². The zero-order chi connectivity index (χ0) is 27.6. The van der Waals surface area contributed by atoms with Gasteiger partial charge in [0.2, 0.25) is 15.9 Å². The van der Waals surface area contributed by atoms with Crippen LogP contribution in [0.25, 0.3) is 22.0 Å². The van der Waals surface area contributed by atoms with E-state index >= 15 is 0 Å². The van der Waals surface area contributed by atoms with Gasteiger partial charge in [0.05, 0.1) is 12.3 Å². The van der Waals surface area contributed by atoms with Gasteiger partial charge in [-0.25, -0.2) is 17.5 Å². The van der Waals surface area contributed by atoms with Crippen molar-refractivity contribution in [2.45, 2.75) is 33.7 Å². The second-order valence-corrected chi connectivity index (χ2v) is 10.8. The van der Waals surface area contributed by atoms with Crippen LogP contribution in [0.2, 0.25) is 0 Å². The highest BCUT2D eigenvalue weighted by atomic mass is 32.2. The number of H-pyrrole nitrogens is 1. The lowest BCUT2D eigenvalue weighted by Gasteiger charge is -2.14. The molecule has 4 rings (SSSR count). The normalized spacial score (nSPS) is 11.5. The number of sulfonamides is 1. The number of rotatable bonds is 8. The van der Waals surface area contributed by atoms with E-state index in [1.165, 1.54) is 42.8 Å². The number of benzene rings is 2. The van der Waals surface area contributed by atoms with Crippen LogP contribution < -0.4 is 15.6 Å². The highest BCUT2D eigenvalue weighted by molar-refractivity contribution is 7.90. The molecular formula is C27H27FN4O5S. The highest BCUT2D eigenvalue weighted by Gasteiger charge is 2.28. The number of nitrogens with one attached hydrogen (secondary N) is 3. The average Bonchev–Trinajstić information content (AvgIpc) is 3.19. The number of carbonyl (C=O) groups excluding carboxylic acids is 2. The van der Waals surface area contributed by atoms with E-state index in [1.54, 1.807) is 18.2 Å². The van der Waals surface area contributed by atoms with Crippen LogP contribution >= 0.6 is 0 Å². The third-order valence-electron chi connectivity index (χ3n) is 6.16. The Kier molecular flexibility index (Phi) is 7.49. The molecule has 0 aliphatic carbocycles. The van der Waals surface area contributed by atoms with Crippen LogP contribution in [0, 0.1) is 5.82 Å². The molecule has 0 unspecified atom stereocenters. The number of amides is 2. The molecule has 198 valence electrons. The molecular weight excluding hydrogens is 511 g/mol. The molecule has 11 heteroatoms. The molecule has 0 aliphatic rings. The lowest BCUT2D eigenvalue weighted by molar-refractivity contribution is -0.114. The molecule has 9 nitrogen and oxygen atoms in total. The third kappa shape index (κ3) is 5.37.